The van der Waals surface area contributed by atoms with Gasteiger partial charge in [-0.1, -0.05) is 6.07 Å². The number of hydrogen-bond donors (Lipinski definition) is 0. The summed E-state index contributed by atoms with van der Waals surface area (Å²) in [5.41, 5.74) is 2.47. The monoisotopic (exact) mass is 311 g/mol. The van der Waals surface area contributed by atoms with E-state index in [1.165, 1.54) is 22.8 Å². The molecular formula is C14H18NO3PS. The van der Waals surface area contributed by atoms with Crippen molar-refractivity contribution in [3.05, 3.63) is 29.3 Å². The number of carbonyl (C=O) groups excluding carboxylic acids is 1. The Kier molecular flexibility index (Phi) is 4.20. The molecular weight excluding hydrogens is 293 g/mol. The summed E-state index contributed by atoms with van der Waals surface area (Å²) < 4.78 is 11.4. The zero-order valence-corrected chi connectivity index (χ0v) is 13.3. The summed E-state index contributed by atoms with van der Waals surface area (Å²) in [6, 6.07) is 6.31. The molecule has 0 N–H and O–H groups in total. The first kappa shape index (κ1) is 14.2. The van der Waals surface area contributed by atoms with Gasteiger partial charge in [-0.25, -0.2) is 0 Å². The van der Waals surface area contributed by atoms with Crippen molar-refractivity contribution in [1.29, 1.82) is 0 Å². The van der Waals surface area contributed by atoms with Crippen LogP contribution in [0.2, 0.25) is 0 Å². The van der Waals surface area contributed by atoms with Crippen molar-refractivity contribution < 1.29 is 13.7 Å². The molecule has 3 rings (SSSR count). The number of fused-ring (bicyclic) bond motifs is 3. The lowest BCUT2D eigenvalue weighted by molar-refractivity contribution is -0.145. The summed E-state index contributed by atoms with van der Waals surface area (Å²) in [5, 5.41) is 0. The van der Waals surface area contributed by atoms with Crippen LogP contribution in [0, 0.1) is 0 Å². The maximum atomic E-state index is 11.8. The average molecular weight is 311 g/mol. The van der Waals surface area contributed by atoms with Gasteiger partial charge in [0.25, 0.3) is 0 Å². The number of aryl methyl sites for hydroxylation is 1. The molecule has 0 spiro atoms. The van der Waals surface area contributed by atoms with E-state index in [1.807, 2.05) is 17.0 Å². The highest BCUT2D eigenvalue weighted by atomic mass is 32.7. The molecule has 3 atom stereocenters. The predicted octanol–water partition coefficient (Wildman–Crippen LogP) is 2.74. The lowest BCUT2D eigenvalue weighted by Crippen LogP contribution is -2.51. The van der Waals surface area contributed by atoms with Crippen molar-refractivity contribution in [3.63, 3.8) is 0 Å². The molecule has 6 heteroatoms. The molecule has 1 amide bonds. The molecule has 1 saturated heterocycles. The van der Waals surface area contributed by atoms with Crippen LogP contribution >= 0.6 is 20.1 Å². The lowest BCUT2D eigenvalue weighted by atomic mass is 9.84. The maximum absolute atomic E-state index is 11.8. The Balaban J connectivity index is 1.93. The molecule has 0 radical (unpaired) electrons. The molecule has 0 bridgehead atoms. The van der Waals surface area contributed by atoms with E-state index >= 15 is 0 Å². The molecule has 1 aliphatic carbocycles. The standard InChI is InChI=1S/C14H18NO3PS/c1-9(16)15-6-7-17-14-12-8-11(18-20-19)4-2-10(12)3-5-13(14)15/h2,4,8,13-14H,3,5-7,19H2,1H3/t13-,14-/m1/s1. The van der Waals surface area contributed by atoms with Crippen molar-refractivity contribution in [3.8, 4) is 5.75 Å². The number of hydrogen-bond acceptors (Lipinski definition) is 4. The van der Waals surface area contributed by atoms with Gasteiger partial charge in [0.05, 0.1) is 24.3 Å². The van der Waals surface area contributed by atoms with Gasteiger partial charge in [-0.15, -0.1) is 0 Å². The van der Waals surface area contributed by atoms with Crippen molar-refractivity contribution in [2.24, 2.45) is 0 Å². The summed E-state index contributed by atoms with van der Waals surface area (Å²) in [7, 11) is 2.47. The molecule has 1 aliphatic heterocycles. The van der Waals surface area contributed by atoms with Crippen LogP contribution in [0.4, 0.5) is 0 Å². The van der Waals surface area contributed by atoms with Crippen LogP contribution < -0.4 is 4.18 Å². The predicted molar refractivity (Wildman–Crippen MR) is 82.6 cm³/mol. The highest BCUT2D eigenvalue weighted by molar-refractivity contribution is 8.41. The first-order valence-electron chi connectivity index (χ1n) is 6.75. The molecule has 2 aliphatic rings. The van der Waals surface area contributed by atoms with Crippen LogP contribution in [0.3, 0.4) is 0 Å². The topological polar surface area (TPSA) is 38.8 Å². The summed E-state index contributed by atoms with van der Waals surface area (Å²) >= 11 is 1.25. The Morgan fingerprint density at radius 2 is 2.40 bits per heavy atom. The van der Waals surface area contributed by atoms with Gasteiger partial charge in [0.15, 0.2) is 0 Å². The number of ether oxygens (including phenoxy) is 1. The third-order valence-electron chi connectivity index (χ3n) is 4.06. The van der Waals surface area contributed by atoms with Crippen LogP contribution in [0.25, 0.3) is 0 Å². The number of benzene rings is 1. The third kappa shape index (κ3) is 2.54. The molecule has 1 heterocycles. The second-order valence-corrected chi connectivity index (χ2v) is 6.09. The minimum atomic E-state index is -0.0190. The van der Waals surface area contributed by atoms with Crippen LogP contribution in [0.1, 0.15) is 30.6 Å². The van der Waals surface area contributed by atoms with E-state index in [9.17, 15) is 4.79 Å². The molecule has 1 fully saturated rings. The molecule has 1 aromatic carbocycles. The Bertz CT molecular complexity index is 525. The second-order valence-electron chi connectivity index (χ2n) is 5.15. The summed E-state index contributed by atoms with van der Waals surface area (Å²) in [4.78, 5) is 13.7. The van der Waals surface area contributed by atoms with E-state index in [0.717, 1.165) is 18.6 Å². The van der Waals surface area contributed by atoms with Crippen molar-refractivity contribution in [2.45, 2.75) is 31.9 Å². The van der Waals surface area contributed by atoms with E-state index < -0.39 is 0 Å². The van der Waals surface area contributed by atoms with Gasteiger partial charge in [0.2, 0.25) is 5.91 Å². The van der Waals surface area contributed by atoms with E-state index in [4.69, 9.17) is 8.92 Å². The van der Waals surface area contributed by atoms with Crippen LogP contribution in [0.5, 0.6) is 5.75 Å². The first-order valence-corrected chi connectivity index (χ1v) is 8.97. The van der Waals surface area contributed by atoms with Crippen LogP contribution in [-0.4, -0.2) is 30.0 Å². The summed E-state index contributed by atoms with van der Waals surface area (Å²) in [6.07, 6.45) is 1.93. The van der Waals surface area contributed by atoms with Crippen molar-refractivity contribution in [1.82, 2.24) is 4.90 Å². The highest BCUT2D eigenvalue weighted by Crippen LogP contribution is 2.40. The van der Waals surface area contributed by atoms with E-state index in [-0.39, 0.29) is 18.1 Å². The number of morpholine rings is 1. The van der Waals surface area contributed by atoms with Gasteiger partial charge in [0, 0.05) is 13.5 Å². The molecule has 108 valence electrons. The normalized spacial score (nSPS) is 24.8. The number of nitrogens with zero attached hydrogens (tertiary/aromatic N) is 1. The Hall–Kier alpha value is -0.770. The first-order chi connectivity index (χ1) is 9.70. The summed E-state index contributed by atoms with van der Waals surface area (Å²) in [5.74, 6) is 0.965. The SMILES string of the molecule is CC(=O)N1CCO[C@@H]2c3cc(OSP)ccc3CC[C@H]21. The fourth-order valence-electron chi connectivity index (χ4n) is 3.19. The lowest BCUT2D eigenvalue weighted by Gasteiger charge is -2.44. The van der Waals surface area contributed by atoms with Crippen molar-refractivity contribution in [2.75, 3.05) is 13.2 Å². The molecule has 1 unspecified atom stereocenters. The minimum absolute atomic E-state index is 0.0190. The molecule has 20 heavy (non-hydrogen) atoms. The van der Waals surface area contributed by atoms with Gasteiger partial charge in [-0.05, 0) is 44.5 Å². The quantitative estimate of drug-likeness (QED) is 0.622. The van der Waals surface area contributed by atoms with E-state index in [1.54, 1.807) is 6.92 Å². The van der Waals surface area contributed by atoms with Gasteiger partial charge < -0.3 is 13.8 Å². The maximum Gasteiger partial charge on any atom is 0.219 e. The largest absolute Gasteiger partial charge is 0.422 e. The smallest absolute Gasteiger partial charge is 0.219 e. The molecule has 4 nitrogen and oxygen atoms in total. The van der Waals surface area contributed by atoms with E-state index in [2.05, 4.69) is 14.5 Å². The zero-order chi connectivity index (χ0) is 14.1. The van der Waals surface area contributed by atoms with Crippen LogP contribution in [-0.2, 0) is 16.0 Å². The molecule has 0 aromatic heterocycles. The zero-order valence-electron chi connectivity index (χ0n) is 11.4. The highest BCUT2D eigenvalue weighted by Gasteiger charge is 2.38. The number of rotatable bonds is 2. The average Bonchev–Trinajstić information content (AvgIpc) is 2.46. The third-order valence-corrected chi connectivity index (χ3v) is 4.64. The Morgan fingerprint density at radius 3 is 3.15 bits per heavy atom. The second kappa shape index (κ2) is 5.92. The van der Waals surface area contributed by atoms with Gasteiger partial charge in [-0.2, -0.15) is 0 Å². The van der Waals surface area contributed by atoms with Crippen LogP contribution in [0.15, 0.2) is 18.2 Å². The number of carbonyl (C=O) groups is 1. The molecule has 0 saturated carbocycles. The Morgan fingerprint density at radius 1 is 1.55 bits per heavy atom. The van der Waals surface area contributed by atoms with Gasteiger partial charge in [-0.3, -0.25) is 4.79 Å². The Labute approximate surface area is 125 Å². The fourth-order valence-corrected chi connectivity index (χ4v) is 3.74. The van der Waals surface area contributed by atoms with Gasteiger partial charge >= 0.3 is 0 Å². The van der Waals surface area contributed by atoms with E-state index in [0.29, 0.717) is 13.2 Å². The molecule has 1 aromatic rings. The van der Waals surface area contributed by atoms with Crippen molar-refractivity contribution >= 4 is 26.0 Å². The minimum Gasteiger partial charge on any atom is -0.422 e. The van der Waals surface area contributed by atoms with Gasteiger partial charge in [0.1, 0.15) is 11.9 Å². The fraction of sp³-hybridized carbons (Fsp3) is 0.500. The summed E-state index contributed by atoms with van der Waals surface area (Å²) in [6.45, 7) is 2.94. The number of amides is 1.